The summed E-state index contributed by atoms with van der Waals surface area (Å²) >= 11 is 0. The van der Waals surface area contributed by atoms with Crippen molar-refractivity contribution in [1.29, 1.82) is 0 Å². The monoisotopic (exact) mass is 289 g/mol. The van der Waals surface area contributed by atoms with Crippen LogP contribution in [-0.2, 0) is 16.4 Å². The fourth-order valence-electron chi connectivity index (χ4n) is 2.45. The van der Waals surface area contributed by atoms with Crippen molar-refractivity contribution >= 4 is 15.7 Å². The minimum Gasteiger partial charge on any atom is -0.508 e. The van der Waals surface area contributed by atoms with Crippen molar-refractivity contribution in [3.05, 3.63) is 53.6 Å². The van der Waals surface area contributed by atoms with Crippen LogP contribution in [0.2, 0.25) is 0 Å². The molecule has 0 bridgehead atoms. The molecule has 0 saturated heterocycles. The van der Waals surface area contributed by atoms with E-state index in [1.165, 1.54) is 10.4 Å². The standard InChI is InChI=1S/C15H15NO3S/c1-11-2-5-14(6-3-11)20(18,19)16-9-8-12-10-13(17)4-7-15(12)16/h2-7,10,17H,8-9H2,1H3. The van der Waals surface area contributed by atoms with Crippen LogP contribution in [0.25, 0.3) is 0 Å². The summed E-state index contributed by atoms with van der Waals surface area (Å²) in [5.41, 5.74) is 2.54. The average molecular weight is 289 g/mol. The van der Waals surface area contributed by atoms with E-state index in [4.69, 9.17) is 0 Å². The molecule has 4 nitrogen and oxygen atoms in total. The molecule has 1 aliphatic heterocycles. The number of aromatic hydroxyl groups is 1. The van der Waals surface area contributed by atoms with Crippen LogP contribution in [0.15, 0.2) is 47.4 Å². The number of nitrogens with zero attached hydrogens (tertiary/aromatic N) is 1. The molecule has 0 aliphatic carbocycles. The van der Waals surface area contributed by atoms with E-state index >= 15 is 0 Å². The number of hydrogen-bond acceptors (Lipinski definition) is 3. The molecule has 20 heavy (non-hydrogen) atoms. The van der Waals surface area contributed by atoms with E-state index in [0.29, 0.717) is 23.5 Å². The molecule has 0 spiro atoms. The first-order chi connectivity index (χ1) is 9.48. The maximum absolute atomic E-state index is 12.7. The maximum Gasteiger partial charge on any atom is 0.264 e. The first kappa shape index (κ1) is 13.0. The summed E-state index contributed by atoms with van der Waals surface area (Å²) in [6, 6.07) is 11.6. The third-order valence-electron chi connectivity index (χ3n) is 3.52. The summed E-state index contributed by atoms with van der Waals surface area (Å²) < 4.78 is 26.7. The van der Waals surface area contributed by atoms with Crippen LogP contribution >= 0.6 is 0 Å². The second kappa shape index (κ2) is 4.52. The second-order valence-corrected chi connectivity index (χ2v) is 6.82. The number of phenols is 1. The fourth-order valence-corrected chi connectivity index (χ4v) is 3.95. The van der Waals surface area contributed by atoms with Crippen molar-refractivity contribution in [3.63, 3.8) is 0 Å². The van der Waals surface area contributed by atoms with Crippen LogP contribution in [0.3, 0.4) is 0 Å². The van der Waals surface area contributed by atoms with Gasteiger partial charge < -0.3 is 5.11 Å². The number of anilines is 1. The average Bonchev–Trinajstić information content (AvgIpc) is 2.82. The molecule has 0 amide bonds. The Morgan fingerprint density at radius 1 is 1.10 bits per heavy atom. The molecule has 2 aromatic rings. The van der Waals surface area contributed by atoms with Crippen molar-refractivity contribution in [1.82, 2.24) is 0 Å². The Bertz CT molecular complexity index is 751. The molecule has 104 valence electrons. The number of hydrogen-bond donors (Lipinski definition) is 1. The Morgan fingerprint density at radius 3 is 2.50 bits per heavy atom. The summed E-state index contributed by atoms with van der Waals surface area (Å²) in [7, 11) is -3.53. The summed E-state index contributed by atoms with van der Waals surface area (Å²) in [6.45, 7) is 2.33. The van der Waals surface area contributed by atoms with E-state index in [1.54, 1.807) is 36.4 Å². The third-order valence-corrected chi connectivity index (χ3v) is 5.35. The zero-order valence-electron chi connectivity index (χ0n) is 11.1. The van der Waals surface area contributed by atoms with E-state index in [1.807, 2.05) is 6.92 Å². The molecular weight excluding hydrogens is 274 g/mol. The van der Waals surface area contributed by atoms with E-state index in [0.717, 1.165) is 11.1 Å². The highest BCUT2D eigenvalue weighted by molar-refractivity contribution is 7.92. The summed E-state index contributed by atoms with van der Waals surface area (Å²) in [6.07, 6.45) is 0.620. The number of phenolic OH excluding ortho intramolecular Hbond substituents is 1. The lowest BCUT2D eigenvalue weighted by atomic mass is 10.1. The van der Waals surface area contributed by atoms with Crippen molar-refractivity contribution in [2.75, 3.05) is 10.8 Å². The van der Waals surface area contributed by atoms with Gasteiger partial charge in [0.1, 0.15) is 5.75 Å². The van der Waals surface area contributed by atoms with Crippen molar-refractivity contribution in [2.45, 2.75) is 18.2 Å². The lowest BCUT2D eigenvalue weighted by molar-refractivity contribution is 0.475. The van der Waals surface area contributed by atoms with Crippen LogP contribution in [0, 0.1) is 6.92 Å². The van der Waals surface area contributed by atoms with Gasteiger partial charge in [0.05, 0.1) is 10.6 Å². The SMILES string of the molecule is Cc1ccc(S(=O)(=O)N2CCc3cc(O)ccc32)cc1. The molecule has 3 rings (SSSR count). The van der Waals surface area contributed by atoms with Crippen LogP contribution in [-0.4, -0.2) is 20.1 Å². The van der Waals surface area contributed by atoms with Crippen LogP contribution in [0.5, 0.6) is 5.75 Å². The summed E-state index contributed by atoms with van der Waals surface area (Å²) in [5.74, 6) is 0.165. The van der Waals surface area contributed by atoms with Gasteiger partial charge >= 0.3 is 0 Å². The topological polar surface area (TPSA) is 57.6 Å². The Morgan fingerprint density at radius 2 is 1.80 bits per heavy atom. The van der Waals surface area contributed by atoms with Gasteiger partial charge in [-0.25, -0.2) is 8.42 Å². The number of aryl methyl sites for hydroxylation is 1. The minimum absolute atomic E-state index is 0.165. The van der Waals surface area contributed by atoms with Gasteiger partial charge in [0.2, 0.25) is 0 Å². The fraction of sp³-hybridized carbons (Fsp3) is 0.200. The first-order valence-corrected chi connectivity index (χ1v) is 7.84. The Labute approximate surface area is 118 Å². The minimum atomic E-state index is -3.53. The normalized spacial score (nSPS) is 14.3. The van der Waals surface area contributed by atoms with Gasteiger partial charge in [0.15, 0.2) is 0 Å². The Balaban J connectivity index is 2.05. The van der Waals surface area contributed by atoms with Gasteiger partial charge in [-0.1, -0.05) is 17.7 Å². The quantitative estimate of drug-likeness (QED) is 0.924. The van der Waals surface area contributed by atoms with E-state index in [9.17, 15) is 13.5 Å². The predicted molar refractivity (Wildman–Crippen MR) is 77.5 cm³/mol. The highest BCUT2D eigenvalue weighted by Crippen LogP contribution is 2.34. The zero-order chi connectivity index (χ0) is 14.3. The van der Waals surface area contributed by atoms with Crippen molar-refractivity contribution in [2.24, 2.45) is 0 Å². The summed E-state index contributed by atoms with van der Waals surface area (Å²) in [4.78, 5) is 0.295. The molecule has 0 saturated carbocycles. The predicted octanol–water partition coefficient (Wildman–Crippen LogP) is 2.45. The second-order valence-electron chi connectivity index (χ2n) is 4.95. The van der Waals surface area contributed by atoms with Gasteiger partial charge in [0, 0.05) is 6.54 Å². The summed E-state index contributed by atoms with van der Waals surface area (Å²) in [5, 5.41) is 9.47. The molecule has 0 atom stereocenters. The van der Waals surface area contributed by atoms with Crippen LogP contribution in [0.1, 0.15) is 11.1 Å². The van der Waals surface area contributed by atoms with Gasteiger partial charge in [-0.15, -0.1) is 0 Å². The van der Waals surface area contributed by atoms with E-state index in [-0.39, 0.29) is 5.75 Å². The number of benzene rings is 2. The lowest BCUT2D eigenvalue weighted by Crippen LogP contribution is -2.29. The lowest BCUT2D eigenvalue weighted by Gasteiger charge is -2.19. The first-order valence-electron chi connectivity index (χ1n) is 6.40. The molecule has 0 unspecified atom stereocenters. The van der Waals surface area contributed by atoms with Gasteiger partial charge in [-0.05, 0) is 49.2 Å². The highest BCUT2D eigenvalue weighted by atomic mass is 32.2. The molecule has 0 radical (unpaired) electrons. The largest absolute Gasteiger partial charge is 0.508 e. The van der Waals surface area contributed by atoms with Crippen molar-refractivity contribution in [3.8, 4) is 5.75 Å². The van der Waals surface area contributed by atoms with Crippen molar-refractivity contribution < 1.29 is 13.5 Å². The number of sulfonamides is 1. The van der Waals surface area contributed by atoms with E-state index < -0.39 is 10.0 Å². The van der Waals surface area contributed by atoms with Crippen LogP contribution < -0.4 is 4.31 Å². The molecule has 0 fully saturated rings. The molecule has 0 aromatic heterocycles. The highest BCUT2D eigenvalue weighted by Gasteiger charge is 2.30. The molecule has 1 N–H and O–H groups in total. The van der Waals surface area contributed by atoms with Gasteiger partial charge in [0.25, 0.3) is 10.0 Å². The van der Waals surface area contributed by atoms with Crippen LogP contribution in [0.4, 0.5) is 5.69 Å². The zero-order valence-corrected chi connectivity index (χ0v) is 11.9. The molecular formula is C15H15NO3S. The Hall–Kier alpha value is -2.01. The number of fused-ring (bicyclic) bond motifs is 1. The van der Waals surface area contributed by atoms with Gasteiger partial charge in [-0.3, -0.25) is 4.31 Å². The maximum atomic E-state index is 12.7. The van der Waals surface area contributed by atoms with Gasteiger partial charge in [-0.2, -0.15) is 0 Å². The molecule has 1 aliphatic rings. The smallest absolute Gasteiger partial charge is 0.264 e. The Kier molecular flexibility index (Phi) is 2.94. The molecule has 5 heteroatoms. The molecule has 2 aromatic carbocycles. The number of rotatable bonds is 2. The molecule has 1 heterocycles. The van der Waals surface area contributed by atoms with E-state index in [2.05, 4.69) is 0 Å². The third kappa shape index (κ3) is 2.04.